The van der Waals surface area contributed by atoms with Gasteiger partial charge < -0.3 is 31.3 Å². The van der Waals surface area contributed by atoms with Crippen LogP contribution in [0.25, 0.3) is 0 Å². The minimum atomic E-state index is -0.876. The van der Waals surface area contributed by atoms with Crippen LogP contribution in [0.15, 0.2) is 42.7 Å². The number of nitrogens with zero attached hydrogens (tertiary/aromatic N) is 1. The molecule has 0 saturated heterocycles. The van der Waals surface area contributed by atoms with Gasteiger partial charge in [-0.2, -0.15) is 0 Å². The van der Waals surface area contributed by atoms with Crippen LogP contribution in [-0.4, -0.2) is 72.2 Å². The Morgan fingerprint density at radius 3 is 2.13 bits per heavy atom. The Kier molecular flexibility index (Phi) is 13.3. The van der Waals surface area contributed by atoms with Crippen LogP contribution >= 0.6 is 0 Å². The van der Waals surface area contributed by atoms with Gasteiger partial charge in [0.25, 0.3) is 0 Å². The van der Waals surface area contributed by atoms with Crippen molar-refractivity contribution < 1.29 is 14.7 Å². The number of carbonyl (C=O) groups is 2. The van der Waals surface area contributed by atoms with Gasteiger partial charge in [-0.05, 0) is 57.6 Å². The smallest absolute Gasteiger partial charge is 0.243 e. The van der Waals surface area contributed by atoms with E-state index in [9.17, 15) is 14.7 Å². The van der Waals surface area contributed by atoms with Crippen LogP contribution in [0.5, 0.6) is 0 Å². The minimum absolute atomic E-state index is 0.115. The first-order chi connectivity index (χ1) is 17.5. The Labute approximate surface area is 231 Å². The molecule has 0 radical (unpaired) electrons. The molecular formula is C30H53N5O3. The van der Waals surface area contributed by atoms with Gasteiger partial charge in [-0.3, -0.25) is 9.59 Å². The van der Waals surface area contributed by atoms with Gasteiger partial charge in [-0.1, -0.05) is 71.5 Å². The molecule has 0 saturated carbocycles. The van der Waals surface area contributed by atoms with Gasteiger partial charge in [0.2, 0.25) is 11.8 Å². The third-order valence-corrected chi connectivity index (χ3v) is 6.15. The molecule has 0 aliphatic rings. The third-order valence-electron chi connectivity index (χ3n) is 6.15. The first-order valence-electron chi connectivity index (χ1n) is 13.7. The molecule has 0 aromatic heterocycles. The van der Waals surface area contributed by atoms with E-state index in [4.69, 9.17) is 0 Å². The number of likely N-dealkylation sites (N-methyl/N-ethyl adjacent to an activating group) is 1. The lowest BCUT2D eigenvalue weighted by Gasteiger charge is -2.37. The Morgan fingerprint density at radius 1 is 1.03 bits per heavy atom. The van der Waals surface area contributed by atoms with Crippen molar-refractivity contribution in [2.75, 3.05) is 26.7 Å². The topological polar surface area (TPSA) is 106 Å². The molecule has 0 aliphatic heterocycles. The largest absolute Gasteiger partial charge is 0.389 e. The summed E-state index contributed by atoms with van der Waals surface area (Å²) in [5.74, 6) is 0.661. The summed E-state index contributed by atoms with van der Waals surface area (Å²) in [5.41, 5.74) is 0.300. The van der Waals surface area contributed by atoms with Crippen LogP contribution in [0.3, 0.4) is 0 Å². The van der Waals surface area contributed by atoms with E-state index in [0.29, 0.717) is 18.9 Å². The van der Waals surface area contributed by atoms with Gasteiger partial charge in [0.1, 0.15) is 6.04 Å². The third kappa shape index (κ3) is 12.8. The van der Waals surface area contributed by atoms with E-state index in [2.05, 4.69) is 67.4 Å². The van der Waals surface area contributed by atoms with Crippen molar-refractivity contribution in [3.05, 3.63) is 48.3 Å². The van der Waals surface area contributed by atoms with E-state index in [1.54, 1.807) is 7.05 Å². The highest BCUT2D eigenvalue weighted by Gasteiger charge is 2.35. The summed E-state index contributed by atoms with van der Waals surface area (Å²) >= 11 is 0. The molecule has 0 aliphatic carbocycles. The summed E-state index contributed by atoms with van der Waals surface area (Å²) in [6, 6.07) is 8.47. The van der Waals surface area contributed by atoms with E-state index < -0.39 is 23.6 Å². The van der Waals surface area contributed by atoms with Crippen LogP contribution < -0.4 is 21.3 Å². The Bertz CT molecular complexity index is 874. The number of aliphatic hydroxyl groups excluding tert-OH is 1. The lowest BCUT2D eigenvalue weighted by atomic mass is 9.85. The van der Waals surface area contributed by atoms with Crippen LogP contribution in [0.1, 0.15) is 67.4 Å². The molecular weight excluding hydrogens is 478 g/mol. The van der Waals surface area contributed by atoms with Crippen LogP contribution in [0.4, 0.5) is 0 Å². The van der Waals surface area contributed by atoms with Crippen LogP contribution in [0, 0.1) is 11.3 Å². The second-order valence-electron chi connectivity index (χ2n) is 12.7. The van der Waals surface area contributed by atoms with Gasteiger partial charge in [-0.15, -0.1) is 0 Å². The van der Waals surface area contributed by atoms with Gasteiger partial charge in [0.15, 0.2) is 0 Å². The normalized spacial score (nSPS) is 14.4. The number of carbonyl (C=O) groups excluding carboxylic acids is 2. The van der Waals surface area contributed by atoms with Crippen LogP contribution in [-0.2, 0) is 16.0 Å². The first-order valence-corrected chi connectivity index (χ1v) is 13.7. The predicted molar refractivity (Wildman–Crippen MR) is 156 cm³/mol. The molecule has 1 aromatic carbocycles. The van der Waals surface area contributed by atoms with E-state index in [-0.39, 0.29) is 23.9 Å². The SMILES string of the molecule is C=C(NC(C)(C)C)N(CCC(C)C)CC(O)[C@H](Cc1ccccc1)NC(=O)[C@@H](NC(=O)CNC)C(C)(C)C. The quantitative estimate of drug-likeness (QED) is 0.238. The molecule has 8 heteroatoms. The van der Waals surface area contributed by atoms with Gasteiger partial charge in [0, 0.05) is 18.6 Å². The Morgan fingerprint density at radius 2 is 1.63 bits per heavy atom. The van der Waals surface area contributed by atoms with Crippen molar-refractivity contribution in [3.63, 3.8) is 0 Å². The summed E-state index contributed by atoms with van der Waals surface area (Å²) in [6.45, 7) is 21.7. The summed E-state index contributed by atoms with van der Waals surface area (Å²) in [5, 5.41) is 23.7. The number of benzene rings is 1. The first kappa shape index (κ1) is 33.4. The molecule has 2 amide bonds. The maximum absolute atomic E-state index is 13.6. The lowest BCUT2D eigenvalue weighted by Crippen LogP contribution is -2.59. The highest BCUT2D eigenvalue weighted by Crippen LogP contribution is 2.21. The zero-order valence-electron chi connectivity index (χ0n) is 25.1. The molecule has 38 heavy (non-hydrogen) atoms. The highest BCUT2D eigenvalue weighted by molar-refractivity contribution is 5.89. The van der Waals surface area contributed by atoms with Crippen molar-refractivity contribution in [2.45, 2.75) is 92.0 Å². The average Bonchev–Trinajstić information content (AvgIpc) is 2.78. The van der Waals surface area contributed by atoms with E-state index >= 15 is 0 Å². The van der Waals surface area contributed by atoms with Gasteiger partial charge in [-0.25, -0.2) is 0 Å². The number of nitrogens with one attached hydrogen (secondary N) is 4. The van der Waals surface area contributed by atoms with E-state index in [0.717, 1.165) is 24.4 Å². The predicted octanol–water partition coefficient (Wildman–Crippen LogP) is 3.03. The average molecular weight is 532 g/mol. The van der Waals surface area contributed by atoms with E-state index in [1.165, 1.54) is 0 Å². The number of amides is 2. The molecule has 1 aromatic rings. The number of hydrogen-bond acceptors (Lipinski definition) is 6. The Hall–Kier alpha value is -2.58. The van der Waals surface area contributed by atoms with E-state index in [1.807, 2.05) is 51.1 Å². The molecule has 1 rings (SSSR count). The Balaban J connectivity index is 3.22. The number of hydrogen-bond donors (Lipinski definition) is 5. The molecule has 216 valence electrons. The summed E-state index contributed by atoms with van der Waals surface area (Å²) in [6.07, 6.45) is 0.516. The second-order valence-corrected chi connectivity index (χ2v) is 12.7. The summed E-state index contributed by atoms with van der Waals surface area (Å²) in [7, 11) is 1.69. The number of rotatable bonds is 15. The minimum Gasteiger partial charge on any atom is -0.389 e. The van der Waals surface area contributed by atoms with Gasteiger partial charge >= 0.3 is 0 Å². The fourth-order valence-corrected chi connectivity index (χ4v) is 4.08. The molecule has 0 bridgehead atoms. The molecule has 0 heterocycles. The molecule has 0 spiro atoms. The summed E-state index contributed by atoms with van der Waals surface area (Å²) < 4.78 is 0. The zero-order valence-corrected chi connectivity index (χ0v) is 25.1. The van der Waals surface area contributed by atoms with Crippen molar-refractivity contribution >= 4 is 11.8 Å². The molecule has 8 nitrogen and oxygen atoms in total. The standard InChI is InChI=1S/C30H53N5O3/c1-21(2)16-17-35(22(3)34-30(7,8)9)20-25(36)24(18-23-14-12-11-13-15-23)32-28(38)27(29(4,5)6)33-26(37)19-31-10/h11-15,21,24-25,27,31,34,36H,3,16-20H2,1-2,4-10H3,(H,32,38)(H,33,37)/t24-,25?,27+/m0/s1. The maximum Gasteiger partial charge on any atom is 0.243 e. The molecule has 1 unspecified atom stereocenters. The monoisotopic (exact) mass is 531 g/mol. The van der Waals surface area contributed by atoms with Crippen molar-refractivity contribution in [3.8, 4) is 0 Å². The van der Waals surface area contributed by atoms with Crippen LogP contribution in [0.2, 0.25) is 0 Å². The highest BCUT2D eigenvalue weighted by atomic mass is 16.3. The molecule has 0 fully saturated rings. The second kappa shape index (κ2) is 15.1. The van der Waals surface area contributed by atoms with Crippen molar-refractivity contribution in [2.24, 2.45) is 11.3 Å². The van der Waals surface area contributed by atoms with Crippen molar-refractivity contribution in [1.82, 2.24) is 26.2 Å². The van der Waals surface area contributed by atoms with Gasteiger partial charge in [0.05, 0.1) is 24.5 Å². The molecule has 5 N–H and O–H groups in total. The zero-order chi connectivity index (χ0) is 29.1. The summed E-state index contributed by atoms with van der Waals surface area (Å²) in [4.78, 5) is 28.0. The maximum atomic E-state index is 13.6. The fourth-order valence-electron chi connectivity index (χ4n) is 4.08. The number of aliphatic hydroxyl groups is 1. The van der Waals surface area contributed by atoms with Crippen molar-refractivity contribution in [1.29, 1.82) is 0 Å². The lowest BCUT2D eigenvalue weighted by molar-refractivity contribution is -0.132. The fraction of sp³-hybridized carbons (Fsp3) is 0.667. The molecule has 3 atom stereocenters.